The molecule has 0 bridgehead atoms. The lowest BCUT2D eigenvalue weighted by molar-refractivity contribution is 0.769. The number of benzene rings is 13. The average molecular weight is 992 g/mol. The molecule has 0 unspecified atom stereocenters. The van der Waals surface area contributed by atoms with Crippen LogP contribution in [0.4, 0.5) is 17.1 Å². The van der Waals surface area contributed by atoms with E-state index in [1.54, 1.807) is 0 Å². The summed E-state index contributed by atoms with van der Waals surface area (Å²) in [5.41, 5.74) is 24.7. The fraction of sp³-hybridized carbons (Fsp3) is 0.0130. The summed E-state index contributed by atoms with van der Waals surface area (Å²) in [4.78, 5) is 2.39. The molecule has 0 aromatic heterocycles. The van der Waals surface area contributed by atoms with E-state index in [0.29, 0.717) is 0 Å². The Kier molecular flexibility index (Phi) is 11.8. The Morgan fingerprint density at radius 3 is 1.15 bits per heavy atom. The lowest BCUT2D eigenvalue weighted by Gasteiger charge is -2.34. The van der Waals surface area contributed by atoms with Crippen LogP contribution in [0.2, 0.25) is 0 Å². The van der Waals surface area contributed by atoms with Gasteiger partial charge in [0, 0.05) is 17.1 Å². The van der Waals surface area contributed by atoms with Gasteiger partial charge < -0.3 is 4.90 Å². The first-order chi connectivity index (χ1) is 38.6. The maximum Gasteiger partial charge on any atom is 0.0713 e. The van der Waals surface area contributed by atoms with Crippen LogP contribution in [-0.4, -0.2) is 0 Å². The zero-order valence-electron chi connectivity index (χ0n) is 43.0. The van der Waals surface area contributed by atoms with Crippen LogP contribution in [0, 0.1) is 0 Å². The van der Waals surface area contributed by atoms with E-state index in [-0.39, 0.29) is 0 Å². The van der Waals surface area contributed by atoms with Crippen LogP contribution >= 0.6 is 0 Å². The van der Waals surface area contributed by atoms with Crippen LogP contribution in [-0.2, 0) is 5.41 Å². The average Bonchev–Trinajstić information content (AvgIpc) is 3.86. The van der Waals surface area contributed by atoms with Crippen LogP contribution in [0.15, 0.2) is 322 Å². The largest absolute Gasteiger partial charge is 0.310 e. The van der Waals surface area contributed by atoms with Crippen LogP contribution in [0.25, 0.3) is 88.7 Å². The van der Waals surface area contributed by atoms with E-state index in [2.05, 4.69) is 326 Å². The molecule has 0 heterocycles. The van der Waals surface area contributed by atoms with Gasteiger partial charge in [-0.1, -0.05) is 261 Å². The van der Waals surface area contributed by atoms with Gasteiger partial charge in [0.05, 0.1) is 5.41 Å². The summed E-state index contributed by atoms with van der Waals surface area (Å²) < 4.78 is 0. The van der Waals surface area contributed by atoms with Crippen molar-refractivity contribution < 1.29 is 0 Å². The van der Waals surface area contributed by atoms with Gasteiger partial charge in [0.15, 0.2) is 0 Å². The van der Waals surface area contributed by atoms with Crippen molar-refractivity contribution in [2.75, 3.05) is 4.90 Å². The van der Waals surface area contributed by atoms with Gasteiger partial charge >= 0.3 is 0 Å². The molecular formula is C77H53N. The molecule has 0 aliphatic heterocycles. The van der Waals surface area contributed by atoms with E-state index >= 15 is 0 Å². The minimum atomic E-state index is -0.466. The van der Waals surface area contributed by atoms with E-state index in [1.807, 2.05) is 0 Å². The highest BCUT2D eigenvalue weighted by molar-refractivity contribution is 5.91. The molecule has 0 radical (unpaired) electrons. The fourth-order valence-corrected chi connectivity index (χ4v) is 12.1. The first-order valence-electron chi connectivity index (χ1n) is 27.0. The van der Waals surface area contributed by atoms with Crippen molar-refractivity contribution in [1.82, 2.24) is 0 Å². The molecule has 0 fully saturated rings. The number of fused-ring (bicyclic) bond motifs is 4. The summed E-state index contributed by atoms with van der Waals surface area (Å²) in [5, 5.41) is 2.51. The summed E-state index contributed by atoms with van der Waals surface area (Å²) in [6.07, 6.45) is 0. The smallest absolute Gasteiger partial charge is 0.0713 e. The Bertz CT molecular complexity index is 4230. The molecule has 1 heteroatoms. The zero-order chi connectivity index (χ0) is 51.8. The van der Waals surface area contributed by atoms with Gasteiger partial charge in [-0.25, -0.2) is 0 Å². The second-order valence-corrected chi connectivity index (χ2v) is 20.4. The van der Waals surface area contributed by atoms with E-state index in [0.717, 1.165) is 33.8 Å². The maximum absolute atomic E-state index is 2.45. The maximum atomic E-state index is 2.45. The Balaban J connectivity index is 0.817. The third-order valence-electron chi connectivity index (χ3n) is 15.9. The molecule has 0 saturated carbocycles. The Morgan fingerprint density at radius 1 is 0.192 bits per heavy atom. The first kappa shape index (κ1) is 46.5. The van der Waals surface area contributed by atoms with Crippen LogP contribution < -0.4 is 4.90 Å². The summed E-state index contributed by atoms with van der Waals surface area (Å²) in [6.45, 7) is 0. The molecule has 1 aliphatic rings. The molecule has 0 spiro atoms. The van der Waals surface area contributed by atoms with Gasteiger partial charge in [-0.05, 0) is 172 Å². The molecule has 0 amide bonds. The quantitative estimate of drug-likeness (QED) is 0.125. The van der Waals surface area contributed by atoms with Crippen molar-refractivity contribution >= 4 is 27.8 Å². The summed E-state index contributed by atoms with van der Waals surface area (Å²) >= 11 is 0. The van der Waals surface area contributed by atoms with Crippen molar-refractivity contribution in [3.05, 3.63) is 344 Å². The minimum absolute atomic E-state index is 0.466. The molecule has 0 N–H and O–H groups in total. The number of hydrogen-bond acceptors (Lipinski definition) is 1. The van der Waals surface area contributed by atoms with Crippen molar-refractivity contribution in [1.29, 1.82) is 0 Å². The third kappa shape index (κ3) is 8.39. The summed E-state index contributed by atoms with van der Waals surface area (Å²) in [5.74, 6) is 0. The molecule has 0 saturated heterocycles. The van der Waals surface area contributed by atoms with Crippen LogP contribution in [0.5, 0.6) is 0 Å². The van der Waals surface area contributed by atoms with Crippen LogP contribution in [0.3, 0.4) is 0 Å². The predicted molar refractivity (Wildman–Crippen MR) is 329 cm³/mol. The Labute approximate surface area is 457 Å². The SMILES string of the molecule is c1ccc(-c2cccc(-c3cccc(N(c4ccc(-c5ccc(-c6cccc(-c7ccc8ccccc8c7)c6)cc5)cc4)c4ccc(-c5ccc6c(c5)C(c5ccccc5)(c5ccccc5)c5ccccc5-6)cc4)c3)c2)cc1. The van der Waals surface area contributed by atoms with E-state index in [4.69, 9.17) is 0 Å². The highest BCUT2D eigenvalue weighted by Crippen LogP contribution is 2.57. The van der Waals surface area contributed by atoms with Gasteiger partial charge in [0.1, 0.15) is 0 Å². The second kappa shape index (κ2) is 19.9. The van der Waals surface area contributed by atoms with Crippen molar-refractivity contribution in [3.8, 4) is 77.9 Å². The molecule has 1 aliphatic carbocycles. The minimum Gasteiger partial charge on any atom is -0.310 e. The third-order valence-corrected chi connectivity index (χ3v) is 15.9. The molecule has 78 heavy (non-hydrogen) atoms. The van der Waals surface area contributed by atoms with Gasteiger partial charge in [0.2, 0.25) is 0 Å². The standard InChI is InChI=1S/C77H53N/c1-4-17-54(18-5-1)61-21-14-23-63(49-61)65-25-16-30-72(52-65)78(70-44-39-57(40-45-70)56-33-35-58(36-34-56)62-22-15-24-64(50-62)66-38-37-55-19-10-11-20-60(55)51-66)71-46-41-59(42-47-71)67-43-48-74-73-31-12-13-32-75(73)77(76(74)53-67,68-26-6-2-7-27-68)69-28-8-3-9-29-69/h1-53H. The topological polar surface area (TPSA) is 3.24 Å². The molecule has 14 rings (SSSR count). The molecule has 0 atom stereocenters. The highest BCUT2D eigenvalue weighted by Gasteiger charge is 2.46. The highest BCUT2D eigenvalue weighted by atomic mass is 15.1. The van der Waals surface area contributed by atoms with Crippen LogP contribution in [0.1, 0.15) is 22.3 Å². The Hall–Kier alpha value is -10.1. The summed E-state index contributed by atoms with van der Waals surface area (Å²) in [6, 6.07) is 118. The van der Waals surface area contributed by atoms with E-state index in [1.165, 1.54) is 94.2 Å². The first-order valence-corrected chi connectivity index (χ1v) is 27.0. The number of rotatable bonds is 11. The van der Waals surface area contributed by atoms with Crippen molar-refractivity contribution in [2.24, 2.45) is 0 Å². The monoisotopic (exact) mass is 991 g/mol. The van der Waals surface area contributed by atoms with E-state index < -0.39 is 5.41 Å². The number of nitrogens with zero attached hydrogens (tertiary/aromatic N) is 1. The lowest BCUT2D eigenvalue weighted by Crippen LogP contribution is -2.28. The van der Waals surface area contributed by atoms with Gasteiger partial charge in [-0.3, -0.25) is 0 Å². The van der Waals surface area contributed by atoms with Gasteiger partial charge in [0.25, 0.3) is 0 Å². The molecule has 366 valence electrons. The molecule has 1 nitrogen and oxygen atoms in total. The van der Waals surface area contributed by atoms with Gasteiger partial charge in [-0.15, -0.1) is 0 Å². The van der Waals surface area contributed by atoms with Gasteiger partial charge in [-0.2, -0.15) is 0 Å². The number of anilines is 3. The molecule has 13 aromatic carbocycles. The fourth-order valence-electron chi connectivity index (χ4n) is 12.1. The number of hydrogen-bond donors (Lipinski definition) is 0. The normalized spacial score (nSPS) is 12.2. The Morgan fingerprint density at radius 2 is 0.564 bits per heavy atom. The van der Waals surface area contributed by atoms with E-state index in [9.17, 15) is 0 Å². The molecule has 13 aromatic rings. The van der Waals surface area contributed by atoms with Crippen molar-refractivity contribution in [3.63, 3.8) is 0 Å². The summed E-state index contributed by atoms with van der Waals surface area (Å²) in [7, 11) is 0. The van der Waals surface area contributed by atoms with Crippen molar-refractivity contribution in [2.45, 2.75) is 5.41 Å². The predicted octanol–water partition coefficient (Wildman–Crippen LogP) is 20.7. The molecular weight excluding hydrogens is 939 g/mol. The zero-order valence-corrected chi connectivity index (χ0v) is 43.0. The lowest BCUT2D eigenvalue weighted by atomic mass is 9.67. The second-order valence-electron chi connectivity index (χ2n) is 20.4.